The van der Waals surface area contributed by atoms with Crippen LogP contribution in [-0.4, -0.2) is 4.98 Å². The lowest BCUT2D eigenvalue weighted by Crippen LogP contribution is -2.16. The van der Waals surface area contributed by atoms with Gasteiger partial charge in [0, 0.05) is 6.54 Å². The van der Waals surface area contributed by atoms with Crippen LogP contribution in [0.5, 0.6) is 0 Å². The second-order valence-electron chi connectivity index (χ2n) is 2.87. The number of aromatic nitrogens is 1. The third-order valence-electron chi connectivity index (χ3n) is 1.78. The minimum Gasteiger partial charge on any atom is -0.326 e. The molecule has 1 rings (SSSR count). The Kier molecular flexibility index (Phi) is 3.69. The quantitative estimate of drug-likeness (QED) is 0.830. The molecular weight excluding hydrogens is 255 g/mol. The topological polar surface area (TPSA) is 38.9 Å². The first-order chi connectivity index (χ1) is 7.27. The van der Waals surface area contributed by atoms with Gasteiger partial charge in [-0.1, -0.05) is 11.6 Å². The van der Waals surface area contributed by atoms with E-state index in [0.717, 1.165) is 6.07 Å². The average molecular weight is 261 g/mol. The largest absolute Gasteiger partial charge is 0.433 e. The number of nitrogens with zero attached hydrogens (tertiary/aromatic N) is 1. The molecule has 0 aliphatic heterocycles. The van der Waals surface area contributed by atoms with Gasteiger partial charge in [0.05, 0.1) is 5.02 Å². The van der Waals surface area contributed by atoms with Crippen LogP contribution in [0.1, 0.15) is 23.4 Å². The van der Waals surface area contributed by atoms with Crippen molar-refractivity contribution in [2.45, 2.75) is 19.1 Å². The molecule has 0 amide bonds. The van der Waals surface area contributed by atoms with Crippen LogP contribution < -0.4 is 5.73 Å². The van der Waals surface area contributed by atoms with Crippen molar-refractivity contribution in [2.75, 3.05) is 0 Å². The molecule has 0 atom stereocenters. The highest BCUT2D eigenvalue weighted by atomic mass is 35.5. The number of hydrogen-bond donors (Lipinski definition) is 1. The van der Waals surface area contributed by atoms with Gasteiger partial charge in [0.2, 0.25) is 0 Å². The number of rotatable bonds is 2. The van der Waals surface area contributed by atoms with E-state index >= 15 is 0 Å². The van der Waals surface area contributed by atoms with Crippen molar-refractivity contribution < 1.29 is 22.0 Å². The fraction of sp³-hybridized carbons (Fsp3) is 0.375. The van der Waals surface area contributed by atoms with Gasteiger partial charge in [0.15, 0.2) is 0 Å². The Bertz CT molecular complexity index is 391. The number of pyridine rings is 1. The van der Waals surface area contributed by atoms with Crippen molar-refractivity contribution >= 4 is 11.6 Å². The summed E-state index contributed by atoms with van der Waals surface area (Å²) in [5.74, 6) is 0. The van der Waals surface area contributed by atoms with Crippen molar-refractivity contribution in [1.82, 2.24) is 4.98 Å². The summed E-state index contributed by atoms with van der Waals surface area (Å²) in [5, 5.41) is -0.525. The standard InChI is InChI=1S/C8H6ClF5N2/c9-4-1-3(2-15)6(8(12,13)14)16-5(4)7(10)11/h1,7H,2,15H2. The zero-order valence-corrected chi connectivity index (χ0v) is 8.41. The Balaban J connectivity index is 3.41. The molecule has 0 aliphatic carbocycles. The van der Waals surface area contributed by atoms with Gasteiger partial charge in [-0.2, -0.15) is 13.2 Å². The molecule has 1 aromatic heterocycles. The first-order valence-electron chi connectivity index (χ1n) is 4.02. The molecule has 0 fully saturated rings. The van der Waals surface area contributed by atoms with Crippen LogP contribution in [0.15, 0.2) is 6.07 Å². The van der Waals surface area contributed by atoms with Gasteiger partial charge in [0.25, 0.3) is 6.43 Å². The maximum absolute atomic E-state index is 12.4. The number of hydrogen-bond acceptors (Lipinski definition) is 2. The van der Waals surface area contributed by atoms with Gasteiger partial charge >= 0.3 is 6.18 Å². The van der Waals surface area contributed by atoms with Crippen molar-refractivity contribution in [3.8, 4) is 0 Å². The van der Waals surface area contributed by atoms with Crippen molar-refractivity contribution in [2.24, 2.45) is 5.73 Å². The van der Waals surface area contributed by atoms with Crippen LogP contribution in [0.2, 0.25) is 5.02 Å². The van der Waals surface area contributed by atoms with Gasteiger partial charge < -0.3 is 5.73 Å². The molecule has 0 bridgehead atoms. The maximum atomic E-state index is 12.4. The lowest BCUT2D eigenvalue weighted by molar-refractivity contribution is -0.142. The average Bonchev–Trinajstić information content (AvgIpc) is 2.14. The zero-order chi connectivity index (χ0) is 12.5. The van der Waals surface area contributed by atoms with E-state index in [9.17, 15) is 22.0 Å². The van der Waals surface area contributed by atoms with Crippen LogP contribution in [0.25, 0.3) is 0 Å². The summed E-state index contributed by atoms with van der Waals surface area (Å²) < 4.78 is 61.8. The van der Waals surface area contributed by atoms with E-state index in [1.54, 1.807) is 0 Å². The molecule has 0 aromatic carbocycles. The molecule has 16 heavy (non-hydrogen) atoms. The summed E-state index contributed by atoms with van der Waals surface area (Å²) in [5.41, 5.74) is 2.13. The second-order valence-corrected chi connectivity index (χ2v) is 3.27. The molecule has 0 radical (unpaired) electrons. The van der Waals surface area contributed by atoms with Crippen LogP contribution in [-0.2, 0) is 12.7 Å². The van der Waals surface area contributed by atoms with Gasteiger partial charge in [-0.3, -0.25) is 0 Å². The fourth-order valence-electron chi connectivity index (χ4n) is 1.09. The third kappa shape index (κ3) is 2.59. The molecule has 2 nitrogen and oxygen atoms in total. The lowest BCUT2D eigenvalue weighted by atomic mass is 10.1. The van der Waals surface area contributed by atoms with E-state index < -0.39 is 41.1 Å². The summed E-state index contributed by atoms with van der Waals surface area (Å²) >= 11 is 5.36. The van der Waals surface area contributed by atoms with Gasteiger partial charge in [-0.05, 0) is 11.6 Å². The minimum absolute atomic E-state index is 0.415. The number of halogens is 6. The maximum Gasteiger partial charge on any atom is 0.433 e. The van der Waals surface area contributed by atoms with E-state index in [-0.39, 0.29) is 0 Å². The molecule has 1 heterocycles. The Labute approximate surface area is 92.2 Å². The molecule has 90 valence electrons. The van der Waals surface area contributed by atoms with Crippen LogP contribution in [0.4, 0.5) is 22.0 Å². The lowest BCUT2D eigenvalue weighted by Gasteiger charge is -2.13. The van der Waals surface area contributed by atoms with Crippen LogP contribution in [0, 0.1) is 0 Å². The monoisotopic (exact) mass is 260 g/mol. The Morgan fingerprint density at radius 1 is 1.38 bits per heavy atom. The Morgan fingerprint density at radius 3 is 2.31 bits per heavy atom. The summed E-state index contributed by atoms with van der Waals surface area (Å²) in [7, 11) is 0. The van der Waals surface area contributed by atoms with Crippen molar-refractivity contribution in [3.63, 3.8) is 0 Å². The van der Waals surface area contributed by atoms with Crippen LogP contribution >= 0.6 is 11.6 Å². The Morgan fingerprint density at radius 2 is 1.94 bits per heavy atom. The molecule has 0 aliphatic rings. The summed E-state index contributed by atoms with van der Waals surface area (Å²) in [6, 6.07) is 0.763. The highest BCUT2D eigenvalue weighted by Crippen LogP contribution is 2.35. The normalized spacial score (nSPS) is 12.2. The second kappa shape index (κ2) is 4.50. The van der Waals surface area contributed by atoms with Crippen molar-refractivity contribution in [1.29, 1.82) is 0 Å². The molecule has 0 spiro atoms. The summed E-state index contributed by atoms with van der Waals surface area (Å²) in [6.07, 6.45) is -8.00. The first-order valence-corrected chi connectivity index (χ1v) is 4.40. The molecule has 1 aromatic rings. The zero-order valence-electron chi connectivity index (χ0n) is 7.65. The molecule has 2 N–H and O–H groups in total. The SMILES string of the molecule is NCc1cc(Cl)c(C(F)F)nc1C(F)(F)F. The first kappa shape index (κ1) is 13.1. The fourth-order valence-corrected chi connectivity index (χ4v) is 1.35. The van der Waals surface area contributed by atoms with E-state index in [1.807, 2.05) is 0 Å². The molecule has 0 unspecified atom stereocenters. The summed E-state index contributed by atoms with van der Waals surface area (Å²) in [4.78, 5) is 2.83. The van der Waals surface area contributed by atoms with Gasteiger partial charge in [-0.15, -0.1) is 0 Å². The van der Waals surface area contributed by atoms with E-state index in [2.05, 4.69) is 4.98 Å². The van der Waals surface area contributed by atoms with Crippen LogP contribution in [0.3, 0.4) is 0 Å². The smallest absolute Gasteiger partial charge is 0.326 e. The van der Waals surface area contributed by atoms with Crippen molar-refractivity contribution in [3.05, 3.63) is 28.0 Å². The minimum atomic E-state index is -4.83. The molecule has 0 saturated carbocycles. The van der Waals surface area contributed by atoms with Gasteiger partial charge in [0.1, 0.15) is 11.4 Å². The molecule has 0 saturated heterocycles. The van der Waals surface area contributed by atoms with E-state index in [1.165, 1.54) is 0 Å². The highest BCUT2D eigenvalue weighted by molar-refractivity contribution is 6.31. The number of alkyl halides is 5. The molecule has 8 heteroatoms. The van der Waals surface area contributed by atoms with E-state index in [4.69, 9.17) is 17.3 Å². The predicted octanol–water partition coefficient (Wildman–Crippen LogP) is 3.15. The highest BCUT2D eigenvalue weighted by Gasteiger charge is 2.36. The number of nitrogens with two attached hydrogens (primary N) is 1. The van der Waals surface area contributed by atoms with E-state index in [0.29, 0.717) is 0 Å². The molecular formula is C8H6ClF5N2. The predicted molar refractivity (Wildman–Crippen MR) is 47.1 cm³/mol. The van der Waals surface area contributed by atoms with Gasteiger partial charge in [-0.25, -0.2) is 13.8 Å². The Hall–Kier alpha value is -0.950. The summed E-state index contributed by atoms with van der Waals surface area (Å²) in [6.45, 7) is -0.481. The third-order valence-corrected chi connectivity index (χ3v) is 2.08.